The lowest BCUT2D eigenvalue weighted by atomic mass is 10.0. The van der Waals surface area contributed by atoms with Crippen molar-refractivity contribution in [3.05, 3.63) is 34.9 Å². The van der Waals surface area contributed by atoms with Gasteiger partial charge in [0.2, 0.25) is 0 Å². The number of aryl methyl sites for hydroxylation is 3. The van der Waals surface area contributed by atoms with E-state index in [4.69, 9.17) is 9.47 Å². The second-order valence-electron chi connectivity index (χ2n) is 4.62. The van der Waals surface area contributed by atoms with Gasteiger partial charge in [0.1, 0.15) is 0 Å². The Kier molecular flexibility index (Phi) is 3.62. The molecule has 0 aliphatic carbocycles. The summed E-state index contributed by atoms with van der Waals surface area (Å²) in [7, 11) is 0. The van der Waals surface area contributed by atoms with Crippen LogP contribution < -0.4 is 0 Å². The summed E-state index contributed by atoms with van der Waals surface area (Å²) in [4.78, 5) is 0. The quantitative estimate of drug-likeness (QED) is 0.779. The van der Waals surface area contributed by atoms with Gasteiger partial charge in [0, 0.05) is 0 Å². The molecule has 0 radical (unpaired) electrons. The van der Waals surface area contributed by atoms with Crippen molar-refractivity contribution in [2.24, 2.45) is 0 Å². The average Bonchev–Trinajstić information content (AvgIpc) is 2.66. The Hall–Kier alpha value is -0.860. The highest BCUT2D eigenvalue weighted by Gasteiger charge is 2.21. The maximum absolute atomic E-state index is 5.61. The molecule has 16 heavy (non-hydrogen) atoms. The molecule has 2 heteroatoms. The second-order valence-corrected chi connectivity index (χ2v) is 4.62. The molecule has 0 N–H and O–H groups in total. The molecule has 88 valence electrons. The molecule has 0 aromatic heterocycles. The smallest absolute Gasteiger partial charge is 0.155 e. The molecular formula is C14H20O2. The fraction of sp³-hybridized carbons (Fsp3) is 0.571. The third-order valence-electron chi connectivity index (χ3n) is 3.23. The third kappa shape index (κ3) is 2.83. The van der Waals surface area contributed by atoms with E-state index in [2.05, 4.69) is 32.0 Å². The van der Waals surface area contributed by atoms with Gasteiger partial charge >= 0.3 is 0 Å². The molecule has 1 fully saturated rings. The van der Waals surface area contributed by atoms with Crippen molar-refractivity contribution in [1.29, 1.82) is 0 Å². The van der Waals surface area contributed by atoms with Gasteiger partial charge in [-0.05, 0) is 50.3 Å². The predicted octanol–water partition coefficient (Wildman–Crippen LogP) is 3.00. The zero-order valence-corrected chi connectivity index (χ0v) is 10.3. The van der Waals surface area contributed by atoms with Crippen LogP contribution in [0, 0.1) is 13.8 Å². The summed E-state index contributed by atoms with van der Waals surface area (Å²) in [6.45, 7) is 7.01. The van der Waals surface area contributed by atoms with Crippen LogP contribution >= 0.6 is 0 Å². The SMILES string of the molecule is Cc1ccc(CCC2COC(C)O2)cc1C. The molecule has 2 atom stereocenters. The summed E-state index contributed by atoms with van der Waals surface area (Å²) in [6.07, 6.45) is 2.37. The van der Waals surface area contributed by atoms with Crippen molar-refractivity contribution < 1.29 is 9.47 Å². The number of hydrogen-bond acceptors (Lipinski definition) is 2. The van der Waals surface area contributed by atoms with Crippen molar-refractivity contribution in [2.75, 3.05) is 6.61 Å². The van der Waals surface area contributed by atoms with Crippen LogP contribution in [0.4, 0.5) is 0 Å². The predicted molar refractivity (Wildman–Crippen MR) is 64.5 cm³/mol. The zero-order valence-electron chi connectivity index (χ0n) is 10.3. The molecule has 1 heterocycles. The van der Waals surface area contributed by atoms with Crippen LogP contribution in [-0.4, -0.2) is 19.0 Å². The Bertz CT molecular complexity index is 360. The molecule has 2 nitrogen and oxygen atoms in total. The van der Waals surface area contributed by atoms with Crippen molar-refractivity contribution in [1.82, 2.24) is 0 Å². The second kappa shape index (κ2) is 4.98. The summed E-state index contributed by atoms with van der Waals surface area (Å²) in [5.41, 5.74) is 4.12. The molecular weight excluding hydrogens is 200 g/mol. The van der Waals surface area contributed by atoms with Crippen molar-refractivity contribution in [2.45, 2.75) is 46.0 Å². The van der Waals surface area contributed by atoms with Crippen LogP contribution in [-0.2, 0) is 15.9 Å². The Morgan fingerprint density at radius 1 is 1.25 bits per heavy atom. The van der Waals surface area contributed by atoms with E-state index in [0.29, 0.717) is 0 Å². The summed E-state index contributed by atoms with van der Waals surface area (Å²) in [5.74, 6) is 0. The Labute approximate surface area is 97.6 Å². The fourth-order valence-electron chi connectivity index (χ4n) is 2.03. The molecule has 1 aliphatic heterocycles. The van der Waals surface area contributed by atoms with E-state index in [-0.39, 0.29) is 12.4 Å². The standard InChI is InChI=1S/C14H20O2/c1-10-4-5-13(8-11(10)2)6-7-14-9-15-12(3)16-14/h4-5,8,12,14H,6-7,9H2,1-3H3. The summed E-state index contributed by atoms with van der Waals surface area (Å²) < 4.78 is 11.0. The van der Waals surface area contributed by atoms with Gasteiger partial charge in [-0.1, -0.05) is 18.2 Å². The van der Waals surface area contributed by atoms with Gasteiger partial charge in [0.15, 0.2) is 6.29 Å². The van der Waals surface area contributed by atoms with Gasteiger partial charge in [-0.15, -0.1) is 0 Å². The van der Waals surface area contributed by atoms with Crippen molar-refractivity contribution in [3.8, 4) is 0 Å². The van der Waals surface area contributed by atoms with Crippen LogP contribution in [0.15, 0.2) is 18.2 Å². The van der Waals surface area contributed by atoms with Crippen LogP contribution in [0.2, 0.25) is 0 Å². The third-order valence-corrected chi connectivity index (χ3v) is 3.23. The number of rotatable bonds is 3. The minimum atomic E-state index is -0.0234. The fourth-order valence-corrected chi connectivity index (χ4v) is 2.03. The van der Waals surface area contributed by atoms with E-state index in [0.717, 1.165) is 19.4 Å². The number of ether oxygens (including phenoxy) is 2. The minimum Gasteiger partial charge on any atom is -0.350 e. The average molecular weight is 220 g/mol. The molecule has 2 rings (SSSR count). The summed E-state index contributed by atoms with van der Waals surface area (Å²) in [6, 6.07) is 6.68. The molecule has 1 aromatic rings. The summed E-state index contributed by atoms with van der Waals surface area (Å²) >= 11 is 0. The molecule has 1 aromatic carbocycles. The van der Waals surface area contributed by atoms with Gasteiger partial charge in [0.05, 0.1) is 12.7 Å². The maximum atomic E-state index is 5.61. The highest BCUT2D eigenvalue weighted by atomic mass is 16.7. The molecule has 1 saturated heterocycles. The van der Waals surface area contributed by atoms with E-state index in [9.17, 15) is 0 Å². The van der Waals surface area contributed by atoms with Crippen molar-refractivity contribution >= 4 is 0 Å². The topological polar surface area (TPSA) is 18.5 Å². The van der Waals surface area contributed by atoms with Crippen LogP contribution in [0.1, 0.15) is 30.0 Å². The minimum absolute atomic E-state index is 0.0234. The maximum Gasteiger partial charge on any atom is 0.155 e. The lowest BCUT2D eigenvalue weighted by molar-refractivity contribution is -0.0430. The molecule has 0 amide bonds. The molecule has 0 saturated carbocycles. The first-order chi connectivity index (χ1) is 7.65. The first kappa shape index (κ1) is 11.6. The number of benzene rings is 1. The monoisotopic (exact) mass is 220 g/mol. The molecule has 1 aliphatic rings. The van der Waals surface area contributed by atoms with Gasteiger partial charge in [0.25, 0.3) is 0 Å². The Balaban J connectivity index is 1.87. The first-order valence-corrected chi connectivity index (χ1v) is 5.98. The van der Waals surface area contributed by atoms with Gasteiger partial charge in [-0.25, -0.2) is 0 Å². The Morgan fingerprint density at radius 2 is 2.06 bits per heavy atom. The van der Waals surface area contributed by atoms with Crippen LogP contribution in [0.5, 0.6) is 0 Å². The zero-order chi connectivity index (χ0) is 11.5. The number of hydrogen-bond donors (Lipinski definition) is 0. The lowest BCUT2D eigenvalue weighted by Crippen LogP contribution is -2.11. The van der Waals surface area contributed by atoms with E-state index >= 15 is 0 Å². The summed E-state index contributed by atoms with van der Waals surface area (Å²) in [5, 5.41) is 0. The highest BCUT2D eigenvalue weighted by molar-refractivity contribution is 5.29. The Morgan fingerprint density at radius 3 is 2.69 bits per heavy atom. The van der Waals surface area contributed by atoms with Crippen LogP contribution in [0.3, 0.4) is 0 Å². The van der Waals surface area contributed by atoms with Gasteiger partial charge < -0.3 is 9.47 Å². The molecule has 0 spiro atoms. The normalized spacial score (nSPS) is 24.9. The highest BCUT2D eigenvalue weighted by Crippen LogP contribution is 2.17. The molecule has 0 bridgehead atoms. The molecule has 2 unspecified atom stereocenters. The van der Waals surface area contributed by atoms with E-state index < -0.39 is 0 Å². The largest absolute Gasteiger partial charge is 0.350 e. The van der Waals surface area contributed by atoms with Crippen LogP contribution in [0.25, 0.3) is 0 Å². The van der Waals surface area contributed by atoms with E-state index in [1.165, 1.54) is 16.7 Å². The lowest BCUT2D eigenvalue weighted by Gasteiger charge is -2.09. The first-order valence-electron chi connectivity index (χ1n) is 5.98. The van der Waals surface area contributed by atoms with Gasteiger partial charge in [-0.2, -0.15) is 0 Å². The van der Waals surface area contributed by atoms with E-state index in [1.54, 1.807) is 0 Å². The van der Waals surface area contributed by atoms with E-state index in [1.807, 2.05) is 6.92 Å². The van der Waals surface area contributed by atoms with Gasteiger partial charge in [-0.3, -0.25) is 0 Å². The van der Waals surface area contributed by atoms with Crippen molar-refractivity contribution in [3.63, 3.8) is 0 Å².